The van der Waals surface area contributed by atoms with Crippen molar-refractivity contribution in [3.63, 3.8) is 0 Å². The van der Waals surface area contributed by atoms with Gasteiger partial charge in [0, 0.05) is 29.3 Å². The topological polar surface area (TPSA) is 30.9 Å². The highest BCUT2D eigenvalue weighted by molar-refractivity contribution is 5.83. The predicted molar refractivity (Wildman–Crippen MR) is 73.9 cm³/mol. The minimum absolute atomic E-state index is 0.775. The third kappa shape index (κ3) is 2.52. The molecule has 0 spiro atoms. The number of hydrogen-bond acceptors (Lipinski definition) is 1. The summed E-state index contributed by atoms with van der Waals surface area (Å²) in [4.78, 5) is 0. The van der Waals surface area contributed by atoms with E-state index in [4.69, 9.17) is 5.73 Å². The molecular formula is C15H20N2. The molecule has 0 fully saturated rings. The van der Waals surface area contributed by atoms with E-state index >= 15 is 0 Å². The SMILES string of the molecule is C=C(N)CCCn1cc(CC)c2ccccc21. The van der Waals surface area contributed by atoms with Gasteiger partial charge in [-0.25, -0.2) is 0 Å². The van der Waals surface area contributed by atoms with Gasteiger partial charge in [0.1, 0.15) is 0 Å². The molecule has 0 saturated heterocycles. The van der Waals surface area contributed by atoms with Crippen LogP contribution in [-0.2, 0) is 13.0 Å². The molecule has 0 atom stereocenters. The van der Waals surface area contributed by atoms with E-state index in [9.17, 15) is 0 Å². The largest absolute Gasteiger partial charge is 0.403 e. The Labute approximate surface area is 103 Å². The van der Waals surface area contributed by atoms with Crippen molar-refractivity contribution in [3.05, 3.63) is 48.3 Å². The molecule has 2 heteroatoms. The molecule has 0 unspecified atom stereocenters. The molecule has 0 bridgehead atoms. The lowest BCUT2D eigenvalue weighted by atomic mass is 10.1. The summed E-state index contributed by atoms with van der Waals surface area (Å²) in [5.74, 6) is 0. The molecule has 2 rings (SSSR count). The molecule has 0 aliphatic heterocycles. The van der Waals surface area contributed by atoms with Gasteiger partial charge in [-0.05, 0) is 30.9 Å². The number of hydrogen-bond donors (Lipinski definition) is 1. The third-order valence-electron chi connectivity index (χ3n) is 3.15. The van der Waals surface area contributed by atoms with E-state index in [-0.39, 0.29) is 0 Å². The van der Waals surface area contributed by atoms with Crippen molar-refractivity contribution in [3.8, 4) is 0 Å². The van der Waals surface area contributed by atoms with Crippen molar-refractivity contribution in [2.75, 3.05) is 0 Å². The minimum atomic E-state index is 0.775. The Morgan fingerprint density at radius 2 is 2.12 bits per heavy atom. The van der Waals surface area contributed by atoms with Crippen molar-refractivity contribution in [2.24, 2.45) is 5.73 Å². The monoisotopic (exact) mass is 228 g/mol. The maximum atomic E-state index is 5.60. The summed E-state index contributed by atoms with van der Waals surface area (Å²) < 4.78 is 2.33. The van der Waals surface area contributed by atoms with Gasteiger partial charge in [-0.1, -0.05) is 31.7 Å². The molecule has 1 aromatic heterocycles. The molecule has 1 aromatic carbocycles. The van der Waals surface area contributed by atoms with Gasteiger partial charge in [-0.2, -0.15) is 0 Å². The summed E-state index contributed by atoms with van der Waals surface area (Å²) in [7, 11) is 0. The van der Waals surface area contributed by atoms with Crippen LogP contribution >= 0.6 is 0 Å². The van der Waals surface area contributed by atoms with Gasteiger partial charge in [0.2, 0.25) is 0 Å². The Hall–Kier alpha value is -1.70. The van der Waals surface area contributed by atoms with E-state index in [1.807, 2.05) is 0 Å². The molecule has 17 heavy (non-hydrogen) atoms. The highest BCUT2D eigenvalue weighted by atomic mass is 15.0. The zero-order chi connectivity index (χ0) is 12.3. The van der Waals surface area contributed by atoms with Crippen LogP contribution in [0.15, 0.2) is 42.7 Å². The molecule has 0 radical (unpaired) electrons. The average Bonchev–Trinajstić information content (AvgIpc) is 2.68. The first-order valence-corrected chi connectivity index (χ1v) is 6.22. The van der Waals surface area contributed by atoms with Gasteiger partial charge in [-0.15, -0.1) is 0 Å². The summed E-state index contributed by atoms with van der Waals surface area (Å²) in [6.45, 7) is 6.95. The summed E-state index contributed by atoms with van der Waals surface area (Å²) in [5.41, 5.74) is 9.12. The fraction of sp³-hybridized carbons (Fsp3) is 0.333. The highest BCUT2D eigenvalue weighted by Gasteiger charge is 2.05. The number of nitrogens with zero attached hydrogens (tertiary/aromatic N) is 1. The number of rotatable bonds is 5. The van der Waals surface area contributed by atoms with Gasteiger partial charge in [0.05, 0.1) is 0 Å². The number of allylic oxidation sites excluding steroid dienone is 1. The lowest BCUT2D eigenvalue weighted by Crippen LogP contribution is -2.00. The Bertz CT molecular complexity index is 523. The normalized spacial score (nSPS) is 10.9. The van der Waals surface area contributed by atoms with E-state index < -0.39 is 0 Å². The van der Waals surface area contributed by atoms with Crippen molar-refractivity contribution in [2.45, 2.75) is 32.7 Å². The van der Waals surface area contributed by atoms with Gasteiger partial charge < -0.3 is 10.3 Å². The Balaban J connectivity index is 2.24. The molecule has 0 amide bonds. The van der Waals surface area contributed by atoms with Gasteiger partial charge >= 0.3 is 0 Å². The molecule has 0 aliphatic rings. The molecule has 0 aliphatic carbocycles. The fourth-order valence-electron chi connectivity index (χ4n) is 2.27. The van der Waals surface area contributed by atoms with Crippen LogP contribution in [0.5, 0.6) is 0 Å². The quantitative estimate of drug-likeness (QED) is 0.834. The van der Waals surface area contributed by atoms with Crippen molar-refractivity contribution in [1.82, 2.24) is 4.57 Å². The lowest BCUT2D eigenvalue weighted by Gasteiger charge is -2.04. The molecule has 2 nitrogen and oxygen atoms in total. The van der Waals surface area contributed by atoms with Crippen molar-refractivity contribution >= 4 is 10.9 Å². The van der Waals surface area contributed by atoms with Crippen LogP contribution in [0.4, 0.5) is 0 Å². The van der Waals surface area contributed by atoms with Crippen LogP contribution in [-0.4, -0.2) is 4.57 Å². The van der Waals surface area contributed by atoms with Crippen LogP contribution in [0.3, 0.4) is 0 Å². The minimum Gasteiger partial charge on any atom is -0.403 e. The van der Waals surface area contributed by atoms with Crippen LogP contribution in [0.25, 0.3) is 10.9 Å². The van der Waals surface area contributed by atoms with Gasteiger partial charge in [0.15, 0.2) is 0 Å². The molecule has 2 aromatic rings. The van der Waals surface area contributed by atoms with Crippen LogP contribution < -0.4 is 5.73 Å². The van der Waals surface area contributed by atoms with E-state index in [1.165, 1.54) is 16.5 Å². The van der Waals surface area contributed by atoms with Crippen molar-refractivity contribution < 1.29 is 0 Å². The van der Waals surface area contributed by atoms with Crippen LogP contribution in [0.1, 0.15) is 25.3 Å². The molecule has 90 valence electrons. The maximum Gasteiger partial charge on any atom is 0.0483 e. The first kappa shape index (κ1) is 11.8. The standard InChI is InChI=1S/C15H20N2/c1-3-13-11-17(10-6-7-12(2)16)15-9-5-4-8-14(13)15/h4-5,8-9,11H,2-3,6-7,10,16H2,1H3. The zero-order valence-corrected chi connectivity index (χ0v) is 10.4. The Morgan fingerprint density at radius 1 is 1.35 bits per heavy atom. The van der Waals surface area contributed by atoms with E-state index in [0.717, 1.165) is 31.5 Å². The number of aromatic nitrogens is 1. The van der Waals surface area contributed by atoms with Crippen LogP contribution in [0, 0.1) is 0 Å². The number of fused-ring (bicyclic) bond motifs is 1. The second kappa shape index (κ2) is 5.09. The first-order valence-electron chi connectivity index (χ1n) is 6.22. The van der Waals surface area contributed by atoms with E-state index in [1.54, 1.807) is 0 Å². The summed E-state index contributed by atoms with van der Waals surface area (Å²) in [5, 5.41) is 1.38. The van der Waals surface area contributed by atoms with Crippen LogP contribution in [0.2, 0.25) is 0 Å². The third-order valence-corrected chi connectivity index (χ3v) is 3.15. The average molecular weight is 228 g/mol. The zero-order valence-electron chi connectivity index (χ0n) is 10.4. The van der Waals surface area contributed by atoms with Crippen molar-refractivity contribution in [1.29, 1.82) is 0 Å². The Kier molecular flexibility index (Phi) is 3.52. The summed E-state index contributed by atoms with van der Waals surface area (Å²) >= 11 is 0. The number of nitrogens with two attached hydrogens (primary N) is 1. The van der Waals surface area contributed by atoms with E-state index in [2.05, 4.69) is 48.5 Å². The molecular weight excluding hydrogens is 208 g/mol. The fourth-order valence-corrected chi connectivity index (χ4v) is 2.27. The van der Waals surface area contributed by atoms with Gasteiger partial charge in [-0.3, -0.25) is 0 Å². The summed E-state index contributed by atoms with van der Waals surface area (Å²) in [6, 6.07) is 8.59. The molecule has 1 heterocycles. The predicted octanol–water partition coefficient (Wildman–Crippen LogP) is 3.46. The second-order valence-electron chi connectivity index (χ2n) is 4.48. The number of para-hydroxylation sites is 1. The number of aryl methyl sites for hydroxylation is 2. The lowest BCUT2D eigenvalue weighted by molar-refractivity contribution is 0.656. The maximum absolute atomic E-state index is 5.60. The van der Waals surface area contributed by atoms with E-state index in [0.29, 0.717) is 0 Å². The van der Waals surface area contributed by atoms with Gasteiger partial charge in [0.25, 0.3) is 0 Å². The smallest absolute Gasteiger partial charge is 0.0483 e. The summed E-state index contributed by atoms with van der Waals surface area (Å²) in [6.07, 6.45) is 5.30. The highest BCUT2D eigenvalue weighted by Crippen LogP contribution is 2.22. The second-order valence-corrected chi connectivity index (χ2v) is 4.48. The molecule has 0 saturated carbocycles. The first-order chi connectivity index (χ1) is 8.22. The Morgan fingerprint density at radius 3 is 2.82 bits per heavy atom. The molecule has 2 N–H and O–H groups in total. The number of benzene rings is 1.